The molecule has 0 saturated heterocycles. The number of hydrogen-bond acceptors (Lipinski definition) is 3. The first-order chi connectivity index (χ1) is 8.07. The molecule has 1 saturated carbocycles. The second-order valence-corrected chi connectivity index (χ2v) is 5.12. The minimum Gasteiger partial charge on any atom is -0.475 e. The van der Waals surface area contributed by atoms with Gasteiger partial charge in [-0.05, 0) is 19.3 Å². The summed E-state index contributed by atoms with van der Waals surface area (Å²) in [5.74, 6) is -0.348. The Morgan fingerprint density at radius 2 is 2.12 bits per heavy atom. The molecule has 2 rings (SSSR count). The van der Waals surface area contributed by atoms with E-state index >= 15 is 0 Å². The minimum atomic E-state index is -1.01. The zero-order valence-electron chi connectivity index (χ0n) is 10.5. The molecule has 94 valence electrons. The quantitative estimate of drug-likeness (QED) is 0.873. The van der Waals surface area contributed by atoms with Crippen LogP contribution >= 0.6 is 0 Å². The highest BCUT2D eigenvalue weighted by Gasteiger charge is 2.36. The normalized spacial score (nSPS) is 18.5. The number of hydrogen-bond donors (Lipinski definition) is 1. The molecule has 0 aromatic carbocycles. The molecule has 1 N–H and O–H groups in total. The number of aromatic nitrogens is 1. The van der Waals surface area contributed by atoms with E-state index in [1.807, 2.05) is 6.92 Å². The van der Waals surface area contributed by atoms with Crippen LogP contribution in [0.15, 0.2) is 4.42 Å². The van der Waals surface area contributed by atoms with Gasteiger partial charge in [-0.1, -0.05) is 33.1 Å². The van der Waals surface area contributed by atoms with Crippen molar-refractivity contribution in [2.45, 2.75) is 57.8 Å². The van der Waals surface area contributed by atoms with Crippen LogP contribution in [0.2, 0.25) is 0 Å². The molecule has 1 fully saturated rings. The van der Waals surface area contributed by atoms with E-state index in [0.717, 1.165) is 19.3 Å². The molecule has 1 aromatic rings. The van der Waals surface area contributed by atoms with Crippen molar-refractivity contribution in [3.63, 3.8) is 0 Å². The van der Waals surface area contributed by atoms with Gasteiger partial charge in [-0.15, -0.1) is 0 Å². The van der Waals surface area contributed by atoms with Crippen molar-refractivity contribution in [3.05, 3.63) is 17.3 Å². The van der Waals surface area contributed by atoms with Gasteiger partial charge in [0, 0.05) is 5.41 Å². The lowest BCUT2D eigenvalue weighted by molar-refractivity contribution is 0.0656. The smallest absolute Gasteiger partial charge is 0.373 e. The Bertz CT molecular complexity index is 416. The highest BCUT2D eigenvalue weighted by Crippen LogP contribution is 2.40. The van der Waals surface area contributed by atoms with Crippen LogP contribution in [0.5, 0.6) is 0 Å². The molecule has 4 heteroatoms. The predicted molar refractivity (Wildman–Crippen MR) is 63.3 cm³/mol. The van der Waals surface area contributed by atoms with Gasteiger partial charge in [0.1, 0.15) is 0 Å². The first-order valence-corrected chi connectivity index (χ1v) is 6.30. The number of carboxylic acids is 1. The van der Waals surface area contributed by atoms with Crippen molar-refractivity contribution in [2.24, 2.45) is 0 Å². The molecule has 4 nitrogen and oxygen atoms in total. The zero-order valence-corrected chi connectivity index (χ0v) is 10.5. The zero-order chi connectivity index (χ0) is 12.5. The molecule has 1 aliphatic carbocycles. The van der Waals surface area contributed by atoms with Crippen LogP contribution in [-0.4, -0.2) is 16.1 Å². The molecule has 0 atom stereocenters. The van der Waals surface area contributed by atoms with Gasteiger partial charge in [0.25, 0.3) is 0 Å². The Morgan fingerprint density at radius 1 is 1.47 bits per heavy atom. The molecule has 0 spiro atoms. The van der Waals surface area contributed by atoms with E-state index in [4.69, 9.17) is 9.52 Å². The van der Waals surface area contributed by atoms with Gasteiger partial charge >= 0.3 is 5.97 Å². The maximum absolute atomic E-state index is 11.1. The molecular formula is C13H19NO3. The van der Waals surface area contributed by atoms with Crippen molar-refractivity contribution in [2.75, 3.05) is 0 Å². The summed E-state index contributed by atoms with van der Waals surface area (Å²) in [6.45, 7) is 4.13. The van der Waals surface area contributed by atoms with E-state index in [1.54, 1.807) is 0 Å². The van der Waals surface area contributed by atoms with Crippen LogP contribution in [0.3, 0.4) is 0 Å². The fraction of sp³-hybridized carbons (Fsp3) is 0.692. The molecular weight excluding hydrogens is 218 g/mol. The predicted octanol–water partition coefficient (Wildman–Crippen LogP) is 3.16. The summed E-state index contributed by atoms with van der Waals surface area (Å²) in [6.07, 6.45) is 5.97. The Labute approximate surface area is 101 Å². The van der Waals surface area contributed by atoms with Crippen LogP contribution in [0.25, 0.3) is 0 Å². The van der Waals surface area contributed by atoms with Gasteiger partial charge in [0.05, 0.1) is 5.69 Å². The molecule has 0 aliphatic heterocycles. The minimum absolute atomic E-state index is 0.0370. The van der Waals surface area contributed by atoms with Gasteiger partial charge in [0.15, 0.2) is 0 Å². The lowest BCUT2D eigenvalue weighted by Gasteiger charge is -2.18. The average molecular weight is 237 g/mol. The third kappa shape index (κ3) is 2.21. The summed E-state index contributed by atoms with van der Waals surface area (Å²) in [7, 11) is 0. The molecule has 0 unspecified atom stereocenters. The number of nitrogens with zero attached hydrogens (tertiary/aromatic N) is 1. The Hall–Kier alpha value is -1.32. The maximum atomic E-state index is 11.1. The van der Waals surface area contributed by atoms with Crippen LogP contribution < -0.4 is 0 Å². The van der Waals surface area contributed by atoms with Gasteiger partial charge in [-0.25, -0.2) is 9.78 Å². The second kappa shape index (κ2) is 4.51. The number of rotatable bonds is 4. The van der Waals surface area contributed by atoms with Crippen molar-refractivity contribution >= 4 is 5.97 Å². The van der Waals surface area contributed by atoms with Crippen molar-refractivity contribution in [1.82, 2.24) is 4.98 Å². The monoisotopic (exact) mass is 237 g/mol. The molecule has 0 bridgehead atoms. The Balaban J connectivity index is 2.36. The molecule has 1 aliphatic rings. The summed E-state index contributed by atoms with van der Waals surface area (Å²) in [5.41, 5.74) is 0.541. The third-order valence-corrected chi connectivity index (χ3v) is 3.60. The van der Waals surface area contributed by atoms with Gasteiger partial charge < -0.3 is 9.52 Å². The van der Waals surface area contributed by atoms with Crippen LogP contribution in [0.4, 0.5) is 0 Å². The standard InChI is InChI=1S/C13H19NO3/c1-3-6-9-10(11(15)16)17-12(14-9)13(2)7-4-5-8-13/h3-8H2,1-2H3,(H,15,16). The summed E-state index contributed by atoms with van der Waals surface area (Å²) < 4.78 is 5.51. The molecule has 1 heterocycles. The van der Waals surface area contributed by atoms with E-state index < -0.39 is 5.97 Å². The lowest BCUT2D eigenvalue weighted by Crippen LogP contribution is -2.17. The topological polar surface area (TPSA) is 63.3 Å². The molecule has 17 heavy (non-hydrogen) atoms. The SMILES string of the molecule is CCCc1nc(C2(C)CCCC2)oc1C(=O)O. The fourth-order valence-corrected chi connectivity index (χ4v) is 2.55. The number of carboxylic acid groups (broad SMARTS) is 1. The number of aryl methyl sites for hydroxylation is 1. The molecule has 0 amide bonds. The Morgan fingerprint density at radius 3 is 2.65 bits per heavy atom. The van der Waals surface area contributed by atoms with E-state index in [-0.39, 0.29) is 11.2 Å². The van der Waals surface area contributed by atoms with Gasteiger partial charge in [-0.3, -0.25) is 0 Å². The van der Waals surface area contributed by atoms with Crippen molar-refractivity contribution in [3.8, 4) is 0 Å². The van der Waals surface area contributed by atoms with E-state index in [1.165, 1.54) is 12.8 Å². The Kier molecular flexibility index (Phi) is 3.22. The molecule has 0 radical (unpaired) electrons. The van der Waals surface area contributed by atoms with E-state index in [9.17, 15) is 4.79 Å². The summed E-state index contributed by atoms with van der Waals surface area (Å²) in [6, 6.07) is 0. The van der Waals surface area contributed by atoms with E-state index in [2.05, 4.69) is 11.9 Å². The van der Waals surface area contributed by atoms with Crippen LogP contribution in [0.1, 0.15) is 68.1 Å². The van der Waals surface area contributed by atoms with Crippen molar-refractivity contribution in [1.29, 1.82) is 0 Å². The van der Waals surface area contributed by atoms with Crippen LogP contribution in [0, 0.1) is 0 Å². The number of carbonyl (C=O) groups is 1. The van der Waals surface area contributed by atoms with E-state index in [0.29, 0.717) is 18.0 Å². The van der Waals surface area contributed by atoms with Crippen LogP contribution in [-0.2, 0) is 11.8 Å². The first kappa shape index (κ1) is 12.1. The lowest BCUT2D eigenvalue weighted by atomic mass is 9.89. The fourth-order valence-electron chi connectivity index (χ4n) is 2.55. The largest absolute Gasteiger partial charge is 0.475 e. The number of aromatic carboxylic acids is 1. The highest BCUT2D eigenvalue weighted by molar-refractivity contribution is 5.85. The summed E-state index contributed by atoms with van der Waals surface area (Å²) in [5, 5.41) is 9.10. The van der Waals surface area contributed by atoms with Gasteiger partial charge in [-0.2, -0.15) is 0 Å². The average Bonchev–Trinajstić information content (AvgIpc) is 2.86. The summed E-state index contributed by atoms with van der Waals surface area (Å²) in [4.78, 5) is 15.5. The maximum Gasteiger partial charge on any atom is 0.373 e. The second-order valence-electron chi connectivity index (χ2n) is 5.12. The summed E-state index contributed by atoms with van der Waals surface area (Å²) >= 11 is 0. The third-order valence-electron chi connectivity index (χ3n) is 3.60. The highest BCUT2D eigenvalue weighted by atomic mass is 16.4. The number of oxazole rings is 1. The van der Waals surface area contributed by atoms with Gasteiger partial charge in [0.2, 0.25) is 11.7 Å². The molecule has 1 aromatic heterocycles. The van der Waals surface area contributed by atoms with Crippen molar-refractivity contribution < 1.29 is 14.3 Å². The first-order valence-electron chi connectivity index (χ1n) is 6.30.